The first-order chi connectivity index (χ1) is 16.4. The zero-order valence-electron chi connectivity index (χ0n) is 20.1. The van der Waals surface area contributed by atoms with Crippen molar-refractivity contribution in [2.75, 3.05) is 5.43 Å². The second kappa shape index (κ2) is 8.07. The molecule has 0 atom stereocenters. The van der Waals surface area contributed by atoms with Crippen molar-refractivity contribution in [3.63, 3.8) is 0 Å². The molecule has 5 heteroatoms. The van der Waals surface area contributed by atoms with E-state index < -0.39 is 0 Å². The number of rotatable bonds is 5. The number of carbonyl (C=O) groups excluding carboxylic acids is 1. The predicted molar refractivity (Wildman–Crippen MR) is 135 cm³/mol. The third-order valence-corrected chi connectivity index (χ3v) is 8.59. The van der Waals surface area contributed by atoms with E-state index in [1.807, 2.05) is 24.3 Å². The molecule has 5 nitrogen and oxygen atoms in total. The van der Waals surface area contributed by atoms with Gasteiger partial charge in [-0.1, -0.05) is 56.3 Å². The van der Waals surface area contributed by atoms with Crippen LogP contribution in [0.5, 0.6) is 0 Å². The maximum absolute atomic E-state index is 13.2. The topological polar surface area (TPSA) is 64.0 Å². The Balaban J connectivity index is 1.32. The van der Waals surface area contributed by atoms with E-state index in [9.17, 15) is 9.59 Å². The van der Waals surface area contributed by atoms with Crippen LogP contribution in [0.4, 0.5) is 0 Å². The Labute approximate surface area is 200 Å². The van der Waals surface area contributed by atoms with Gasteiger partial charge < -0.3 is 0 Å². The fraction of sp³-hybridized carbons (Fsp3) is 0.483. The molecule has 3 aromatic rings. The molecule has 1 aromatic heterocycles. The minimum atomic E-state index is -0.281. The van der Waals surface area contributed by atoms with E-state index in [0.29, 0.717) is 23.4 Å². The number of aromatic nitrogens is 2. The minimum Gasteiger partial charge on any atom is -0.273 e. The maximum Gasteiger partial charge on any atom is 0.294 e. The number of nitrogens with zero attached hydrogens (tertiary/aromatic N) is 2. The molecule has 176 valence electrons. The van der Waals surface area contributed by atoms with Gasteiger partial charge in [0.15, 0.2) is 0 Å². The van der Waals surface area contributed by atoms with Crippen molar-refractivity contribution in [2.24, 2.45) is 23.2 Å². The zero-order valence-corrected chi connectivity index (χ0v) is 20.1. The molecule has 7 rings (SSSR count). The van der Waals surface area contributed by atoms with E-state index >= 15 is 0 Å². The van der Waals surface area contributed by atoms with Crippen molar-refractivity contribution in [1.29, 1.82) is 0 Å². The largest absolute Gasteiger partial charge is 0.294 e. The van der Waals surface area contributed by atoms with Crippen molar-refractivity contribution in [2.45, 2.75) is 64.7 Å². The highest BCUT2D eigenvalue weighted by Gasteiger charge is 2.51. The maximum atomic E-state index is 13.2. The summed E-state index contributed by atoms with van der Waals surface area (Å²) in [6.45, 7) is 4.34. The lowest BCUT2D eigenvalue weighted by atomic mass is 9.49. The molecular formula is C29H33N3O2. The van der Waals surface area contributed by atoms with Gasteiger partial charge in [-0.2, -0.15) is 0 Å². The lowest BCUT2D eigenvalue weighted by molar-refractivity contribution is -0.125. The van der Waals surface area contributed by atoms with E-state index in [1.165, 1.54) is 48.9 Å². The number of hydrogen-bond acceptors (Lipinski definition) is 3. The summed E-state index contributed by atoms with van der Waals surface area (Å²) in [7, 11) is 0. The Morgan fingerprint density at radius 3 is 2.15 bits per heavy atom. The van der Waals surface area contributed by atoms with Gasteiger partial charge in [-0.05, 0) is 79.2 Å². The van der Waals surface area contributed by atoms with E-state index in [0.717, 1.165) is 28.7 Å². The van der Waals surface area contributed by atoms with Gasteiger partial charge in [0.2, 0.25) is 5.91 Å². The van der Waals surface area contributed by atoms with E-state index in [1.54, 1.807) is 0 Å². The number of fused-ring (bicyclic) bond motifs is 1. The van der Waals surface area contributed by atoms with E-state index in [2.05, 4.69) is 48.6 Å². The minimum absolute atomic E-state index is 0.0899. The van der Waals surface area contributed by atoms with Crippen LogP contribution in [-0.4, -0.2) is 15.8 Å². The van der Waals surface area contributed by atoms with Gasteiger partial charge in [0.25, 0.3) is 5.56 Å². The number of amides is 1. The summed E-state index contributed by atoms with van der Waals surface area (Å²) in [4.78, 5) is 27.7. The van der Waals surface area contributed by atoms with Crippen molar-refractivity contribution in [3.05, 3.63) is 64.4 Å². The number of nitrogens with one attached hydrogen (secondary N) is 1. The Morgan fingerprint density at radius 2 is 1.56 bits per heavy atom. The van der Waals surface area contributed by atoms with Crippen molar-refractivity contribution in [1.82, 2.24) is 9.89 Å². The molecule has 4 aliphatic rings. The van der Waals surface area contributed by atoms with Crippen LogP contribution in [0.15, 0.2) is 53.3 Å². The molecule has 0 unspecified atom stereocenters. The molecule has 1 heterocycles. The van der Waals surface area contributed by atoms with Crippen LogP contribution >= 0.6 is 0 Å². The Bertz CT molecular complexity index is 1270. The first kappa shape index (κ1) is 21.6. The lowest BCUT2D eigenvalue weighted by Gasteiger charge is -2.56. The molecular weight excluding hydrogens is 422 g/mol. The van der Waals surface area contributed by atoms with Gasteiger partial charge in [-0.25, -0.2) is 5.43 Å². The fourth-order valence-corrected chi connectivity index (χ4v) is 7.51. The summed E-state index contributed by atoms with van der Waals surface area (Å²) in [6, 6.07) is 15.8. The summed E-state index contributed by atoms with van der Waals surface area (Å²) < 4.78 is 0. The Kier molecular flexibility index (Phi) is 5.12. The summed E-state index contributed by atoms with van der Waals surface area (Å²) in [5.41, 5.74) is 5.61. The van der Waals surface area contributed by atoms with Crippen molar-refractivity contribution >= 4 is 16.7 Å². The standard InChI is InChI=1S/C29H33N3O2/c1-18(2)22-7-9-23(10-8-22)27-24-5-3-4-6-25(24)28(34)32(31-27)30-26(33)17-29-14-19-11-20(15-29)13-21(12-19)16-29/h3-10,18-21H,11-17H2,1-2H3,(H,30,33). The van der Waals surface area contributed by atoms with Crippen LogP contribution in [0.3, 0.4) is 0 Å². The first-order valence-corrected chi connectivity index (χ1v) is 12.8. The van der Waals surface area contributed by atoms with Gasteiger partial charge in [-0.15, -0.1) is 9.89 Å². The first-order valence-electron chi connectivity index (χ1n) is 12.8. The molecule has 2 aromatic carbocycles. The van der Waals surface area contributed by atoms with E-state index in [4.69, 9.17) is 0 Å². The van der Waals surface area contributed by atoms with Crippen LogP contribution in [0.1, 0.15) is 70.3 Å². The Morgan fingerprint density at radius 1 is 0.971 bits per heavy atom. The number of hydrogen-bond donors (Lipinski definition) is 1. The van der Waals surface area contributed by atoms with Gasteiger partial charge >= 0.3 is 0 Å². The molecule has 0 aliphatic heterocycles. The molecule has 4 bridgehead atoms. The number of benzene rings is 2. The SMILES string of the molecule is CC(C)c1ccc(-c2nn(NC(=O)CC34CC5CC(CC(C5)C3)C4)c(=O)c3ccccc23)cc1. The van der Waals surface area contributed by atoms with Gasteiger partial charge in [-0.3, -0.25) is 9.59 Å². The molecule has 4 aliphatic carbocycles. The lowest BCUT2D eigenvalue weighted by Crippen LogP contribution is -2.48. The van der Waals surface area contributed by atoms with Gasteiger partial charge in [0.05, 0.1) is 5.39 Å². The van der Waals surface area contributed by atoms with Crippen LogP contribution in [0.25, 0.3) is 22.0 Å². The van der Waals surface area contributed by atoms with Crippen molar-refractivity contribution < 1.29 is 4.79 Å². The summed E-state index contributed by atoms with van der Waals surface area (Å²) in [5, 5.41) is 6.02. The normalized spacial score (nSPS) is 27.4. The van der Waals surface area contributed by atoms with Crippen LogP contribution < -0.4 is 11.0 Å². The van der Waals surface area contributed by atoms with Crippen LogP contribution in [0.2, 0.25) is 0 Å². The quantitative estimate of drug-likeness (QED) is 0.524. The summed E-state index contributed by atoms with van der Waals surface area (Å²) in [6.07, 6.45) is 8.05. The molecule has 1 N–H and O–H groups in total. The molecule has 4 saturated carbocycles. The summed E-state index contributed by atoms with van der Waals surface area (Å²) >= 11 is 0. The highest BCUT2D eigenvalue weighted by atomic mass is 16.2. The monoisotopic (exact) mass is 455 g/mol. The molecule has 0 radical (unpaired) electrons. The van der Waals surface area contributed by atoms with Gasteiger partial charge in [0, 0.05) is 17.4 Å². The highest BCUT2D eigenvalue weighted by Crippen LogP contribution is 2.61. The molecule has 4 fully saturated rings. The van der Waals surface area contributed by atoms with E-state index in [-0.39, 0.29) is 16.9 Å². The van der Waals surface area contributed by atoms with Crippen LogP contribution in [0, 0.1) is 23.2 Å². The predicted octanol–water partition coefficient (Wildman–Crippen LogP) is 5.86. The smallest absolute Gasteiger partial charge is 0.273 e. The second-order valence-electron chi connectivity index (χ2n) is 11.5. The molecule has 1 amide bonds. The molecule has 0 spiro atoms. The van der Waals surface area contributed by atoms with Gasteiger partial charge in [0.1, 0.15) is 5.69 Å². The Hall–Kier alpha value is -2.95. The highest BCUT2D eigenvalue weighted by molar-refractivity contribution is 5.94. The molecule has 34 heavy (non-hydrogen) atoms. The third-order valence-electron chi connectivity index (χ3n) is 8.59. The average Bonchev–Trinajstić information content (AvgIpc) is 2.80. The van der Waals surface area contributed by atoms with Crippen LogP contribution in [-0.2, 0) is 4.79 Å². The summed E-state index contributed by atoms with van der Waals surface area (Å²) in [5.74, 6) is 2.73. The molecule has 0 saturated heterocycles. The fourth-order valence-electron chi connectivity index (χ4n) is 7.51. The number of carbonyl (C=O) groups is 1. The average molecular weight is 456 g/mol. The second-order valence-corrected chi connectivity index (χ2v) is 11.5. The van der Waals surface area contributed by atoms with Crippen molar-refractivity contribution in [3.8, 4) is 11.3 Å². The zero-order chi connectivity index (χ0) is 23.4. The third kappa shape index (κ3) is 3.75.